The third-order valence-corrected chi connectivity index (χ3v) is 15.5. The van der Waals surface area contributed by atoms with Gasteiger partial charge in [-0.3, -0.25) is 28.9 Å². The van der Waals surface area contributed by atoms with E-state index in [-0.39, 0.29) is 85.8 Å². The topological polar surface area (TPSA) is 230 Å². The minimum atomic E-state index is -1.41. The normalized spacial score (nSPS) is 14.5. The van der Waals surface area contributed by atoms with Crippen LogP contribution in [0.15, 0.2) is 158 Å². The van der Waals surface area contributed by atoms with Gasteiger partial charge in [-0.2, -0.15) is 5.26 Å². The van der Waals surface area contributed by atoms with Gasteiger partial charge in [0.15, 0.2) is 0 Å². The Kier molecular flexibility index (Phi) is 22.2. The van der Waals surface area contributed by atoms with Crippen molar-refractivity contribution in [2.24, 2.45) is 0 Å². The number of likely N-dealkylation sites (N-methyl/N-ethyl adjacent to an activating group) is 2. The molecule has 7 aromatic carbocycles. The second-order valence-electron chi connectivity index (χ2n) is 22.7. The van der Waals surface area contributed by atoms with E-state index in [1.807, 2.05) is 84.9 Å². The van der Waals surface area contributed by atoms with Gasteiger partial charge in [0.1, 0.15) is 48.1 Å². The smallest absolute Gasteiger partial charge is 0.410 e. The molecule has 19 heteroatoms. The Morgan fingerprint density at radius 3 is 2.06 bits per heavy atom. The van der Waals surface area contributed by atoms with Crippen LogP contribution >= 0.6 is 0 Å². The van der Waals surface area contributed by atoms with E-state index in [9.17, 15) is 29.5 Å². The standard InChI is InChI=1S/C71H77N7O12/c1-10-57(49-16-12-11-13-17-49)64(51-25-30-55(79)31-26-51)52-27-32-56(33-28-52)89-39-37-75(7)63(80)45-88-41-40-87-38-36-73-67(82)53-21-23-54(24-22-53)68(83)78-46(2)65(74-66(81)47(3)76(8)70(85)90-71(4,5)6)69(84)77(60-34-20-48(43-72)42-61(60)78)44-59-58-19-15-14-18-50(58)29-35-62(59)86-9/h11-35,42,46-47,65,79H,10,36-41,44-45H2,1-9H3,(H,73,82)(H,74,81)/t46-,47-,65-/m0/s1. The monoisotopic (exact) mass is 1220 g/mol. The highest BCUT2D eigenvalue weighted by Gasteiger charge is 2.44. The Labute approximate surface area is 525 Å². The number of aromatic hydroxyl groups is 1. The summed E-state index contributed by atoms with van der Waals surface area (Å²) in [5, 5.41) is 27.5. The molecule has 0 saturated heterocycles. The molecule has 0 unspecified atom stereocenters. The number of carbonyl (C=O) groups excluding carboxylic acids is 6. The molecule has 0 aliphatic carbocycles. The zero-order chi connectivity index (χ0) is 64.6. The number of phenolic OH excluding ortho intramolecular Hbond substituents is 1. The lowest BCUT2D eigenvalue weighted by Gasteiger charge is -2.34. The third kappa shape index (κ3) is 16.2. The first-order valence-electron chi connectivity index (χ1n) is 29.8. The quantitative estimate of drug-likeness (QED) is 0.0378. The van der Waals surface area contributed by atoms with E-state index in [4.69, 9.17) is 23.7 Å². The molecular formula is C71H77N7O12. The lowest BCUT2D eigenvalue weighted by Crippen LogP contribution is -2.60. The number of carbonyl (C=O) groups is 6. The van der Waals surface area contributed by atoms with Gasteiger partial charge in [-0.1, -0.05) is 91.9 Å². The summed E-state index contributed by atoms with van der Waals surface area (Å²) in [6.45, 7) is 11.3. The minimum Gasteiger partial charge on any atom is -0.508 e. The Bertz CT molecular complexity index is 3770. The first-order chi connectivity index (χ1) is 43.2. The number of phenols is 1. The molecule has 0 radical (unpaired) electrons. The molecule has 468 valence electrons. The van der Waals surface area contributed by atoms with Gasteiger partial charge in [-0.15, -0.1) is 0 Å². The molecule has 90 heavy (non-hydrogen) atoms. The Balaban J connectivity index is 0.852. The molecule has 0 saturated carbocycles. The number of nitrogens with one attached hydrogen (secondary N) is 2. The molecule has 0 bridgehead atoms. The summed E-state index contributed by atoms with van der Waals surface area (Å²) in [6, 6.07) is 45.7. The predicted octanol–water partition coefficient (Wildman–Crippen LogP) is 10.4. The van der Waals surface area contributed by atoms with Crippen LogP contribution < -0.4 is 29.9 Å². The van der Waals surface area contributed by atoms with Crippen molar-refractivity contribution in [1.82, 2.24) is 20.4 Å². The number of nitriles is 1. The van der Waals surface area contributed by atoms with E-state index >= 15 is 9.59 Å². The molecule has 6 amide bonds. The van der Waals surface area contributed by atoms with Crippen molar-refractivity contribution >= 4 is 68.9 Å². The van der Waals surface area contributed by atoms with Crippen LogP contribution in [-0.2, 0) is 35.1 Å². The molecule has 0 spiro atoms. The highest BCUT2D eigenvalue weighted by atomic mass is 16.6. The summed E-state index contributed by atoms with van der Waals surface area (Å²) in [4.78, 5) is 89.6. The fraction of sp³-hybridized carbons (Fsp3) is 0.310. The second kappa shape index (κ2) is 30.3. The SMILES string of the molecule is CCC(=C(c1ccc(O)cc1)c1ccc(OCCN(C)C(=O)COCCOCCNC(=O)c2ccc(C(=O)N3c4cc(C#N)ccc4N(Cc4c(OC)ccc5ccccc45)C(=O)[C@@H](NC(=O)[C@H](C)N(C)C(=O)OC(C)(C)C)[C@@H]3C)cc2)cc1)c1ccccc1. The summed E-state index contributed by atoms with van der Waals surface area (Å²) in [5.41, 5.74) is 6.19. The van der Waals surface area contributed by atoms with Crippen LogP contribution in [-0.4, -0.2) is 142 Å². The Morgan fingerprint density at radius 1 is 0.744 bits per heavy atom. The second-order valence-corrected chi connectivity index (χ2v) is 22.7. The van der Waals surface area contributed by atoms with Crippen molar-refractivity contribution < 1.29 is 57.6 Å². The fourth-order valence-electron chi connectivity index (χ4n) is 10.5. The molecule has 19 nitrogen and oxygen atoms in total. The number of benzene rings is 7. The molecule has 3 N–H and O–H groups in total. The first-order valence-corrected chi connectivity index (χ1v) is 29.8. The van der Waals surface area contributed by atoms with Crippen LogP contribution in [0, 0.1) is 11.3 Å². The van der Waals surface area contributed by atoms with Gasteiger partial charge in [-0.05, 0) is 152 Å². The van der Waals surface area contributed by atoms with Gasteiger partial charge >= 0.3 is 6.09 Å². The number of nitrogens with zero attached hydrogens (tertiary/aromatic N) is 5. The van der Waals surface area contributed by atoms with Crippen LogP contribution in [0.1, 0.15) is 96.5 Å². The molecule has 1 aliphatic rings. The summed E-state index contributed by atoms with van der Waals surface area (Å²) in [6.07, 6.45) is 0.0366. The molecule has 0 fully saturated rings. The average molecular weight is 1220 g/mol. The third-order valence-electron chi connectivity index (χ3n) is 15.5. The van der Waals surface area contributed by atoms with E-state index < -0.39 is 53.4 Å². The van der Waals surface area contributed by atoms with Crippen LogP contribution in [0.25, 0.3) is 21.9 Å². The predicted molar refractivity (Wildman–Crippen MR) is 345 cm³/mol. The van der Waals surface area contributed by atoms with E-state index in [0.717, 1.165) is 44.4 Å². The highest BCUT2D eigenvalue weighted by molar-refractivity contribution is 6.14. The van der Waals surface area contributed by atoms with E-state index in [2.05, 4.69) is 35.8 Å². The first kappa shape index (κ1) is 65.9. The number of methoxy groups -OCH3 is 1. The molecule has 1 heterocycles. The summed E-state index contributed by atoms with van der Waals surface area (Å²) >= 11 is 0. The van der Waals surface area contributed by atoms with Crippen LogP contribution in [0.2, 0.25) is 0 Å². The maximum atomic E-state index is 15.3. The number of rotatable bonds is 24. The number of ether oxygens (including phenoxy) is 5. The minimum absolute atomic E-state index is 0.0738. The van der Waals surface area contributed by atoms with Crippen molar-refractivity contribution in [3.63, 3.8) is 0 Å². The summed E-state index contributed by atoms with van der Waals surface area (Å²) < 4.78 is 28.6. The molecular weight excluding hydrogens is 1140 g/mol. The zero-order valence-corrected chi connectivity index (χ0v) is 52.3. The van der Waals surface area contributed by atoms with E-state index in [1.165, 1.54) is 71.7 Å². The number of hydrogen-bond donors (Lipinski definition) is 3. The lowest BCUT2D eigenvalue weighted by atomic mass is 9.88. The number of allylic oxidation sites excluding steroid dienone is 1. The number of fused-ring (bicyclic) bond motifs is 2. The number of anilines is 2. The maximum Gasteiger partial charge on any atom is 0.410 e. The maximum absolute atomic E-state index is 15.3. The van der Waals surface area contributed by atoms with E-state index in [0.29, 0.717) is 23.6 Å². The molecule has 8 rings (SSSR count). The van der Waals surface area contributed by atoms with Crippen molar-refractivity contribution in [2.75, 3.05) is 77.1 Å². The molecule has 0 aromatic heterocycles. The van der Waals surface area contributed by atoms with Crippen molar-refractivity contribution in [1.29, 1.82) is 5.26 Å². The van der Waals surface area contributed by atoms with Crippen LogP contribution in [0.4, 0.5) is 16.2 Å². The molecule has 3 atom stereocenters. The van der Waals surface area contributed by atoms with Gasteiger partial charge in [-0.25, -0.2) is 4.79 Å². The average Bonchev–Trinajstić information content (AvgIpc) is 1.58. The van der Waals surface area contributed by atoms with Crippen LogP contribution in [0.5, 0.6) is 17.2 Å². The summed E-state index contributed by atoms with van der Waals surface area (Å²) in [7, 11) is 4.62. The number of hydrogen-bond acceptors (Lipinski definition) is 13. The number of amides is 6. The van der Waals surface area contributed by atoms with Crippen molar-refractivity contribution in [3.8, 4) is 23.3 Å². The van der Waals surface area contributed by atoms with Crippen molar-refractivity contribution in [3.05, 3.63) is 197 Å². The molecule has 1 aliphatic heterocycles. The van der Waals surface area contributed by atoms with Crippen LogP contribution in [0.3, 0.4) is 0 Å². The molecule has 7 aromatic rings. The Morgan fingerprint density at radius 2 is 1.39 bits per heavy atom. The van der Waals surface area contributed by atoms with Gasteiger partial charge in [0.25, 0.3) is 17.7 Å². The summed E-state index contributed by atoms with van der Waals surface area (Å²) in [5.74, 6) is -1.20. The lowest BCUT2D eigenvalue weighted by molar-refractivity contribution is -0.135. The van der Waals surface area contributed by atoms with Gasteiger partial charge in [0.2, 0.25) is 11.8 Å². The fourth-order valence-corrected chi connectivity index (χ4v) is 10.5. The van der Waals surface area contributed by atoms with Gasteiger partial charge < -0.3 is 54.1 Å². The highest BCUT2D eigenvalue weighted by Crippen LogP contribution is 2.41. The Hall–Kier alpha value is -10.0. The van der Waals surface area contributed by atoms with E-state index in [1.54, 1.807) is 65.1 Å². The zero-order valence-electron chi connectivity index (χ0n) is 52.3. The largest absolute Gasteiger partial charge is 0.508 e. The van der Waals surface area contributed by atoms with Crippen molar-refractivity contribution in [2.45, 2.75) is 78.2 Å². The van der Waals surface area contributed by atoms with Gasteiger partial charge in [0.05, 0.1) is 69.1 Å². The van der Waals surface area contributed by atoms with Gasteiger partial charge in [0, 0.05) is 37.3 Å².